The Morgan fingerprint density at radius 3 is 2.53 bits per heavy atom. The summed E-state index contributed by atoms with van der Waals surface area (Å²) >= 11 is 0. The zero-order valence-corrected chi connectivity index (χ0v) is 11.0. The number of aliphatic hydroxyl groups excluding tert-OH is 1. The highest BCUT2D eigenvalue weighted by molar-refractivity contribution is 7.91. The zero-order valence-electron chi connectivity index (χ0n) is 10.2. The van der Waals surface area contributed by atoms with Crippen LogP contribution in [0.2, 0.25) is 0 Å². The van der Waals surface area contributed by atoms with E-state index in [-0.39, 0.29) is 23.0 Å². The number of ether oxygens (including phenoxy) is 1. The molecule has 2 aliphatic heterocycles. The van der Waals surface area contributed by atoms with Crippen LogP contribution >= 0.6 is 0 Å². The number of sulfone groups is 1. The molecule has 2 unspecified atom stereocenters. The number of rotatable bonds is 3. The van der Waals surface area contributed by atoms with Crippen LogP contribution in [0.25, 0.3) is 0 Å². The normalized spacial score (nSPS) is 35.9. The molecule has 17 heavy (non-hydrogen) atoms. The van der Waals surface area contributed by atoms with Crippen molar-refractivity contribution in [1.29, 1.82) is 0 Å². The second-order valence-electron chi connectivity index (χ2n) is 5.55. The van der Waals surface area contributed by atoms with Gasteiger partial charge in [0.25, 0.3) is 0 Å². The Morgan fingerprint density at radius 2 is 2.00 bits per heavy atom. The summed E-state index contributed by atoms with van der Waals surface area (Å²) < 4.78 is 28.0. The lowest BCUT2D eigenvalue weighted by molar-refractivity contribution is 0.0210. The third kappa shape index (κ3) is 3.40. The van der Waals surface area contributed by atoms with Crippen molar-refractivity contribution in [3.8, 4) is 0 Å². The molecule has 0 aromatic carbocycles. The fourth-order valence-corrected chi connectivity index (χ4v) is 4.22. The topological polar surface area (TPSA) is 75.6 Å². The second kappa shape index (κ2) is 4.84. The van der Waals surface area contributed by atoms with E-state index in [0.29, 0.717) is 0 Å². The maximum atomic E-state index is 11.4. The Hall–Kier alpha value is -0.170. The van der Waals surface area contributed by atoms with Crippen LogP contribution in [0.4, 0.5) is 0 Å². The van der Waals surface area contributed by atoms with Crippen molar-refractivity contribution >= 4 is 9.84 Å². The van der Waals surface area contributed by atoms with Crippen LogP contribution < -0.4 is 5.32 Å². The van der Waals surface area contributed by atoms with Crippen LogP contribution in [0.3, 0.4) is 0 Å². The van der Waals surface area contributed by atoms with Crippen LogP contribution in [-0.4, -0.2) is 56.9 Å². The average molecular weight is 263 g/mol. The van der Waals surface area contributed by atoms with Crippen LogP contribution in [0.1, 0.15) is 19.8 Å². The maximum absolute atomic E-state index is 11.4. The first-order valence-corrected chi connectivity index (χ1v) is 7.92. The molecular formula is C11H21NO4S. The molecule has 0 aliphatic carbocycles. The van der Waals surface area contributed by atoms with Crippen LogP contribution in [0, 0.1) is 5.41 Å². The van der Waals surface area contributed by atoms with Crippen molar-refractivity contribution in [2.45, 2.75) is 31.9 Å². The Kier molecular flexibility index (Phi) is 3.77. The number of hydrogen-bond acceptors (Lipinski definition) is 5. The zero-order chi connectivity index (χ0) is 12.5. The molecule has 0 saturated carbocycles. The van der Waals surface area contributed by atoms with Crippen LogP contribution in [0.5, 0.6) is 0 Å². The summed E-state index contributed by atoms with van der Waals surface area (Å²) in [6, 6.07) is -0.306. The van der Waals surface area contributed by atoms with Crippen molar-refractivity contribution in [1.82, 2.24) is 5.32 Å². The van der Waals surface area contributed by atoms with Gasteiger partial charge in [-0.3, -0.25) is 0 Å². The van der Waals surface area contributed by atoms with E-state index in [2.05, 4.69) is 12.2 Å². The summed E-state index contributed by atoms with van der Waals surface area (Å²) in [5.41, 5.74) is 0.157. The summed E-state index contributed by atoms with van der Waals surface area (Å²) in [4.78, 5) is 0. The third-order valence-corrected chi connectivity index (χ3v) is 5.53. The predicted octanol–water partition coefficient (Wildman–Crippen LogP) is -0.449. The van der Waals surface area contributed by atoms with E-state index in [1.54, 1.807) is 0 Å². The molecule has 2 fully saturated rings. The van der Waals surface area contributed by atoms with Crippen molar-refractivity contribution in [2.24, 2.45) is 5.41 Å². The summed E-state index contributed by atoms with van der Waals surface area (Å²) in [7, 11) is -3.05. The first kappa shape index (κ1) is 13.3. The first-order chi connectivity index (χ1) is 7.90. The molecular weight excluding hydrogens is 242 g/mol. The van der Waals surface area contributed by atoms with Gasteiger partial charge in [-0.25, -0.2) is 8.42 Å². The molecule has 2 heterocycles. The molecule has 2 N–H and O–H groups in total. The Morgan fingerprint density at radius 1 is 1.35 bits per heavy atom. The minimum atomic E-state index is -3.05. The van der Waals surface area contributed by atoms with Crippen molar-refractivity contribution < 1.29 is 18.3 Å². The lowest BCUT2D eigenvalue weighted by atomic mass is 9.82. The van der Waals surface area contributed by atoms with E-state index < -0.39 is 15.9 Å². The maximum Gasteiger partial charge on any atom is 0.154 e. The molecule has 100 valence electrons. The summed E-state index contributed by atoms with van der Waals surface area (Å²) in [5, 5.41) is 12.9. The Balaban J connectivity index is 1.86. The fourth-order valence-electron chi connectivity index (χ4n) is 2.44. The second-order valence-corrected chi connectivity index (χ2v) is 7.71. The quantitative estimate of drug-likeness (QED) is 0.721. The Labute approximate surface area is 102 Å². The molecule has 2 saturated heterocycles. The van der Waals surface area contributed by atoms with Gasteiger partial charge in [0, 0.05) is 25.8 Å². The van der Waals surface area contributed by atoms with Gasteiger partial charge in [-0.1, -0.05) is 6.92 Å². The summed E-state index contributed by atoms with van der Waals surface area (Å²) in [6.07, 6.45) is 1.20. The molecule has 6 heteroatoms. The van der Waals surface area contributed by atoms with Gasteiger partial charge in [0.15, 0.2) is 9.84 Å². The average Bonchev–Trinajstić information content (AvgIpc) is 2.50. The van der Waals surface area contributed by atoms with E-state index >= 15 is 0 Å². The van der Waals surface area contributed by atoms with Crippen LogP contribution in [-0.2, 0) is 14.6 Å². The lowest BCUT2D eigenvalue weighted by Gasteiger charge is -2.35. The molecule has 5 nitrogen and oxygen atoms in total. The molecule has 0 amide bonds. The van der Waals surface area contributed by atoms with Gasteiger partial charge in [0.1, 0.15) is 0 Å². The minimum Gasteiger partial charge on any atom is -0.390 e. The number of hydrogen-bond donors (Lipinski definition) is 2. The van der Waals surface area contributed by atoms with Gasteiger partial charge in [0.2, 0.25) is 0 Å². The van der Waals surface area contributed by atoms with E-state index in [1.165, 1.54) is 0 Å². The monoisotopic (exact) mass is 263 g/mol. The number of aliphatic hydroxyl groups is 1. The van der Waals surface area contributed by atoms with Gasteiger partial charge in [-0.15, -0.1) is 0 Å². The van der Waals surface area contributed by atoms with Crippen LogP contribution in [0.15, 0.2) is 0 Å². The van der Waals surface area contributed by atoms with E-state index in [4.69, 9.17) is 4.74 Å². The van der Waals surface area contributed by atoms with Crippen molar-refractivity contribution in [2.75, 3.05) is 31.3 Å². The highest BCUT2D eigenvalue weighted by atomic mass is 32.2. The molecule has 0 radical (unpaired) electrons. The SMILES string of the molecule is CC1(CNC2CS(=O)(=O)CC2O)CCOCC1. The van der Waals surface area contributed by atoms with Gasteiger partial charge < -0.3 is 15.2 Å². The molecule has 0 bridgehead atoms. The highest BCUT2D eigenvalue weighted by Crippen LogP contribution is 2.29. The van der Waals surface area contributed by atoms with E-state index in [9.17, 15) is 13.5 Å². The van der Waals surface area contributed by atoms with Gasteiger partial charge >= 0.3 is 0 Å². The molecule has 0 aromatic rings. The van der Waals surface area contributed by atoms with Gasteiger partial charge in [-0.05, 0) is 18.3 Å². The first-order valence-electron chi connectivity index (χ1n) is 6.10. The van der Waals surface area contributed by atoms with Crippen molar-refractivity contribution in [3.63, 3.8) is 0 Å². The van der Waals surface area contributed by atoms with Crippen molar-refractivity contribution in [3.05, 3.63) is 0 Å². The lowest BCUT2D eigenvalue weighted by Crippen LogP contribution is -2.45. The van der Waals surface area contributed by atoms with Gasteiger partial charge in [0.05, 0.1) is 17.6 Å². The molecule has 0 aromatic heterocycles. The summed E-state index contributed by atoms with van der Waals surface area (Å²) in [5.74, 6) is -0.0504. The number of nitrogens with one attached hydrogen (secondary N) is 1. The molecule has 2 atom stereocenters. The smallest absolute Gasteiger partial charge is 0.154 e. The largest absolute Gasteiger partial charge is 0.390 e. The Bertz CT molecular complexity index is 362. The predicted molar refractivity (Wildman–Crippen MR) is 64.6 cm³/mol. The molecule has 2 rings (SSSR count). The molecule has 2 aliphatic rings. The fraction of sp³-hybridized carbons (Fsp3) is 1.00. The third-order valence-electron chi connectivity index (χ3n) is 3.81. The summed E-state index contributed by atoms with van der Waals surface area (Å²) in [6.45, 7) is 4.46. The highest BCUT2D eigenvalue weighted by Gasteiger charge is 2.37. The molecule has 0 spiro atoms. The minimum absolute atomic E-state index is 0.0563. The van der Waals surface area contributed by atoms with Gasteiger partial charge in [-0.2, -0.15) is 0 Å². The van der Waals surface area contributed by atoms with E-state index in [1.807, 2.05) is 0 Å². The van der Waals surface area contributed by atoms with E-state index in [0.717, 1.165) is 32.6 Å². The standard InChI is InChI=1S/C11H21NO4S/c1-11(2-4-16-5-3-11)8-12-9-6-17(14,15)7-10(9)13/h9-10,12-13H,2-8H2,1H3.